The predicted molar refractivity (Wildman–Crippen MR) is 252 cm³/mol. The lowest BCUT2D eigenvalue weighted by atomic mass is 9.45. The van der Waals surface area contributed by atoms with Gasteiger partial charge in [-0.2, -0.15) is 0 Å². The summed E-state index contributed by atoms with van der Waals surface area (Å²) in [6, 6.07) is 45.3. The van der Waals surface area contributed by atoms with E-state index in [2.05, 4.69) is 179 Å². The third-order valence-corrected chi connectivity index (χ3v) is 14.8. The molecule has 4 nitrogen and oxygen atoms in total. The summed E-state index contributed by atoms with van der Waals surface area (Å²) < 4.78 is 16.6. The maximum absolute atomic E-state index is 7.14. The Kier molecular flexibility index (Phi) is 6.55. The van der Waals surface area contributed by atoms with Gasteiger partial charge in [-0.1, -0.05) is 107 Å². The first-order valence-electron chi connectivity index (χ1n) is 21.6. The molecule has 0 bridgehead atoms. The number of benzene rings is 7. The van der Waals surface area contributed by atoms with Gasteiger partial charge in [0.15, 0.2) is 11.2 Å². The van der Waals surface area contributed by atoms with Crippen molar-refractivity contribution in [2.75, 3.05) is 4.90 Å². The van der Waals surface area contributed by atoms with Crippen LogP contribution in [0, 0.1) is 20.8 Å². The number of aryl methyl sites for hydroxylation is 3. The van der Waals surface area contributed by atoms with Gasteiger partial charge in [0.1, 0.15) is 11.2 Å². The molecule has 10 aromatic rings. The number of furan rings is 2. The molecule has 0 atom stereocenters. The summed E-state index contributed by atoms with van der Waals surface area (Å²) >= 11 is 0. The number of anilines is 3. The van der Waals surface area contributed by atoms with Crippen LogP contribution in [0.15, 0.2) is 130 Å². The molecule has 0 saturated carbocycles. The van der Waals surface area contributed by atoms with E-state index in [9.17, 15) is 0 Å². The first-order valence-corrected chi connectivity index (χ1v) is 21.6. The van der Waals surface area contributed by atoms with Crippen LogP contribution in [0.3, 0.4) is 0 Å². The molecule has 5 heterocycles. The van der Waals surface area contributed by atoms with Crippen molar-refractivity contribution in [1.29, 1.82) is 0 Å². The Hall–Kier alpha value is -6.46. The van der Waals surface area contributed by atoms with Gasteiger partial charge in [0.05, 0.1) is 11.2 Å². The van der Waals surface area contributed by atoms with Crippen molar-refractivity contribution in [3.05, 3.63) is 149 Å². The molecule has 0 N–H and O–H groups in total. The van der Waals surface area contributed by atoms with E-state index in [1.54, 1.807) is 0 Å². The van der Waals surface area contributed by atoms with Gasteiger partial charge in [0.2, 0.25) is 0 Å². The number of para-hydroxylation sites is 3. The van der Waals surface area contributed by atoms with E-state index in [-0.39, 0.29) is 17.7 Å². The lowest BCUT2D eigenvalue weighted by Gasteiger charge is -2.44. The fraction of sp³-hybridized carbons (Fsp3) is 0.200. The Morgan fingerprint density at radius 2 is 1.18 bits per heavy atom. The molecule has 0 spiro atoms. The Bertz CT molecular complexity index is 3540. The summed E-state index contributed by atoms with van der Waals surface area (Å²) in [4.78, 5) is 2.61. The van der Waals surface area contributed by atoms with E-state index in [1.807, 2.05) is 0 Å². The molecule has 60 heavy (non-hydrogen) atoms. The summed E-state index contributed by atoms with van der Waals surface area (Å²) in [6.07, 6.45) is 2.32. The molecule has 1 aliphatic carbocycles. The highest BCUT2D eigenvalue weighted by atomic mass is 16.3. The summed E-state index contributed by atoms with van der Waals surface area (Å²) in [5.41, 5.74) is 24.0. The van der Waals surface area contributed by atoms with Crippen LogP contribution in [-0.2, 0) is 10.8 Å². The molecule has 5 heteroatoms. The summed E-state index contributed by atoms with van der Waals surface area (Å²) in [6.45, 7) is 16.4. The topological polar surface area (TPSA) is 34.5 Å². The van der Waals surface area contributed by atoms with Crippen molar-refractivity contribution in [3.63, 3.8) is 0 Å². The van der Waals surface area contributed by atoms with Crippen LogP contribution in [-0.4, -0.2) is 11.3 Å². The number of rotatable bonds is 2. The number of nitrogens with zero attached hydrogens (tertiary/aromatic N) is 2. The Morgan fingerprint density at radius 1 is 0.533 bits per heavy atom. The van der Waals surface area contributed by atoms with Crippen LogP contribution >= 0.6 is 0 Å². The summed E-state index contributed by atoms with van der Waals surface area (Å²) in [7, 11) is 0. The minimum Gasteiger partial charge on any atom is -0.454 e. The van der Waals surface area contributed by atoms with Gasteiger partial charge in [-0.15, -0.1) is 0 Å². The second-order valence-electron chi connectivity index (χ2n) is 19.2. The van der Waals surface area contributed by atoms with Crippen molar-refractivity contribution in [3.8, 4) is 22.3 Å². The Balaban J connectivity index is 1.25. The number of fused-ring (bicyclic) bond motifs is 14. The number of hydrogen-bond donors (Lipinski definition) is 0. The van der Waals surface area contributed by atoms with E-state index in [4.69, 9.17) is 8.83 Å². The third-order valence-electron chi connectivity index (χ3n) is 14.8. The third kappa shape index (κ3) is 4.27. The lowest BCUT2D eigenvalue weighted by molar-refractivity contribution is 0.332. The van der Waals surface area contributed by atoms with Crippen LogP contribution in [0.1, 0.15) is 68.4 Å². The van der Waals surface area contributed by atoms with Gasteiger partial charge < -0.3 is 18.2 Å². The normalized spacial score (nSPS) is 16.0. The average Bonchev–Trinajstić information content (AvgIpc) is 3.91. The summed E-state index contributed by atoms with van der Waals surface area (Å²) in [5, 5.41) is 4.55. The molecular formula is C55H45BN2O2. The quantitative estimate of drug-likeness (QED) is 0.164. The van der Waals surface area contributed by atoms with Crippen molar-refractivity contribution in [2.24, 2.45) is 0 Å². The molecule has 0 unspecified atom stereocenters. The van der Waals surface area contributed by atoms with E-state index in [0.29, 0.717) is 0 Å². The smallest absolute Gasteiger partial charge is 0.333 e. The maximum Gasteiger partial charge on any atom is 0.333 e. The van der Waals surface area contributed by atoms with E-state index >= 15 is 0 Å². The van der Waals surface area contributed by atoms with Crippen LogP contribution in [0.5, 0.6) is 0 Å². The van der Waals surface area contributed by atoms with E-state index in [0.717, 1.165) is 61.5 Å². The summed E-state index contributed by atoms with van der Waals surface area (Å²) in [5.74, 6) is 0. The van der Waals surface area contributed by atoms with Gasteiger partial charge in [0.25, 0.3) is 0 Å². The van der Waals surface area contributed by atoms with E-state index < -0.39 is 0 Å². The van der Waals surface area contributed by atoms with Crippen molar-refractivity contribution < 1.29 is 8.83 Å². The monoisotopic (exact) mass is 776 g/mol. The molecular weight excluding hydrogens is 731 g/mol. The molecule has 7 aromatic carbocycles. The zero-order valence-corrected chi connectivity index (χ0v) is 35.2. The predicted octanol–water partition coefficient (Wildman–Crippen LogP) is 13.8. The van der Waals surface area contributed by atoms with Gasteiger partial charge in [-0.05, 0) is 142 Å². The standard InChI is InChI=1S/C55H45BN2O2/c1-30-14-12-15-31(2)47(30)33-27-39-35-18-13-19-38-49(35)58(50-37-17-9-11-21-46(37)60-53(38)50)56-42-23-22-36-34-16-8-10-20-45(34)59-52(36)51(42)57(44(28-33)48(39)56)43-29-41-40(26-32(43)3)54(4,5)24-25-55(41,6)7/h8-23,26-29H,24-25H2,1-7H3. The highest BCUT2D eigenvalue weighted by molar-refractivity contribution is 6.90. The molecule has 3 aliphatic rings. The molecule has 0 amide bonds. The molecule has 0 saturated heterocycles. The molecule has 0 radical (unpaired) electrons. The average molecular weight is 777 g/mol. The minimum atomic E-state index is -0.143. The van der Waals surface area contributed by atoms with Crippen LogP contribution < -0.4 is 15.8 Å². The number of hydrogen-bond acceptors (Lipinski definition) is 3. The van der Waals surface area contributed by atoms with Gasteiger partial charge in [-0.25, -0.2) is 0 Å². The minimum absolute atomic E-state index is 0.0308. The molecule has 3 aromatic heterocycles. The highest BCUT2D eigenvalue weighted by Gasteiger charge is 2.46. The van der Waals surface area contributed by atoms with Crippen molar-refractivity contribution in [2.45, 2.75) is 72.1 Å². The first kappa shape index (κ1) is 34.4. The molecule has 290 valence electrons. The van der Waals surface area contributed by atoms with Crippen LogP contribution in [0.25, 0.3) is 77.2 Å². The lowest BCUT2D eigenvalue weighted by Crippen LogP contribution is -2.56. The Morgan fingerprint density at radius 3 is 1.95 bits per heavy atom. The molecule has 2 aliphatic heterocycles. The first-order chi connectivity index (χ1) is 29.0. The zero-order chi connectivity index (χ0) is 40.6. The van der Waals surface area contributed by atoms with Gasteiger partial charge in [0, 0.05) is 44.0 Å². The fourth-order valence-corrected chi connectivity index (χ4v) is 11.8. The highest BCUT2D eigenvalue weighted by Crippen LogP contribution is 2.53. The SMILES string of the molecule is Cc1cc2c(cc1N1c3cc(-c4c(C)cccc4C)cc4c3B(c3ccc5c(oc6ccccc65)c31)n1c3c-4cccc3c3oc4ccccc4c31)C(C)(C)CCC2(C)C. The Labute approximate surface area is 350 Å². The maximum atomic E-state index is 7.14. The number of aromatic nitrogens is 1. The second-order valence-corrected chi connectivity index (χ2v) is 19.2. The zero-order valence-electron chi connectivity index (χ0n) is 35.2. The van der Waals surface area contributed by atoms with Crippen LogP contribution in [0.4, 0.5) is 17.1 Å². The fourth-order valence-electron chi connectivity index (χ4n) is 11.8. The molecule has 0 fully saturated rings. The van der Waals surface area contributed by atoms with Crippen LogP contribution in [0.2, 0.25) is 0 Å². The van der Waals surface area contributed by atoms with Gasteiger partial charge in [-0.3, -0.25) is 0 Å². The van der Waals surface area contributed by atoms with Gasteiger partial charge >= 0.3 is 6.85 Å². The van der Waals surface area contributed by atoms with E-state index in [1.165, 1.54) is 84.3 Å². The molecule has 13 rings (SSSR count). The largest absolute Gasteiger partial charge is 0.454 e. The second kappa shape index (κ2) is 11.4. The van der Waals surface area contributed by atoms with Crippen molar-refractivity contribution in [1.82, 2.24) is 4.48 Å². The van der Waals surface area contributed by atoms with Crippen molar-refractivity contribution >= 4 is 89.7 Å².